The Bertz CT molecular complexity index is 958. The molecule has 7 heteroatoms. The second-order valence-corrected chi connectivity index (χ2v) is 6.66. The highest BCUT2D eigenvalue weighted by molar-refractivity contribution is 6.35. The molecule has 2 aromatic heterocycles. The van der Waals surface area contributed by atoms with Gasteiger partial charge in [-0.1, -0.05) is 23.7 Å². The van der Waals surface area contributed by atoms with Crippen molar-refractivity contribution in [1.29, 1.82) is 0 Å². The molecule has 1 aliphatic rings. The highest BCUT2D eigenvalue weighted by atomic mass is 35.5. The van der Waals surface area contributed by atoms with E-state index in [1.807, 2.05) is 6.07 Å². The maximum atomic E-state index is 13.2. The highest BCUT2D eigenvalue weighted by Crippen LogP contribution is 2.30. The minimum atomic E-state index is -0.704. The van der Waals surface area contributed by atoms with Crippen LogP contribution in [-0.2, 0) is 4.74 Å². The van der Waals surface area contributed by atoms with Crippen molar-refractivity contribution >= 4 is 28.4 Å². The maximum Gasteiger partial charge on any atom is 0.254 e. The first-order valence-corrected chi connectivity index (χ1v) is 8.60. The SMILES string of the molecule is CN(C(=O)c1cc(-c2ccco2)nc2c(Cl)cccc12)[C@@H]1COC[C@H]1O. The summed E-state index contributed by atoms with van der Waals surface area (Å²) in [7, 11) is 1.66. The van der Waals surface area contributed by atoms with Crippen molar-refractivity contribution < 1.29 is 19.1 Å². The molecular weight excluding hydrogens is 356 g/mol. The van der Waals surface area contributed by atoms with Gasteiger partial charge in [-0.25, -0.2) is 4.98 Å². The van der Waals surface area contributed by atoms with E-state index >= 15 is 0 Å². The van der Waals surface area contributed by atoms with Gasteiger partial charge in [0.05, 0.1) is 47.7 Å². The predicted octanol–water partition coefficient (Wildman–Crippen LogP) is 2.98. The normalized spacial score (nSPS) is 19.8. The summed E-state index contributed by atoms with van der Waals surface area (Å²) in [6.07, 6.45) is 0.846. The smallest absolute Gasteiger partial charge is 0.254 e. The molecule has 6 nitrogen and oxygen atoms in total. The van der Waals surface area contributed by atoms with Crippen molar-refractivity contribution in [2.75, 3.05) is 20.3 Å². The minimum Gasteiger partial charge on any atom is -0.463 e. The summed E-state index contributed by atoms with van der Waals surface area (Å²) >= 11 is 6.32. The van der Waals surface area contributed by atoms with Gasteiger partial charge in [0, 0.05) is 12.4 Å². The van der Waals surface area contributed by atoms with Gasteiger partial charge < -0.3 is 19.2 Å². The van der Waals surface area contributed by atoms with Crippen molar-refractivity contribution in [3.05, 3.63) is 53.2 Å². The van der Waals surface area contributed by atoms with Gasteiger partial charge >= 0.3 is 0 Å². The number of rotatable bonds is 3. The third-order valence-electron chi connectivity index (χ3n) is 4.63. The number of aliphatic hydroxyl groups excluding tert-OH is 1. The predicted molar refractivity (Wildman–Crippen MR) is 97.2 cm³/mol. The summed E-state index contributed by atoms with van der Waals surface area (Å²) in [5, 5.41) is 11.2. The van der Waals surface area contributed by atoms with Crippen LogP contribution in [0.15, 0.2) is 47.1 Å². The van der Waals surface area contributed by atoms with E-state index in [-0.39, 0.29) is 12.5 Å². The summed E-state index contributed by atoms with van der Waals surface area (Å²) in [5.41, 5.74) is 1.50. The molecular formula is C19H17ClN2O4. The molecule has 0 saturated carbocycles. The number of amides is 1. The molecule has 1 saturated heterocycles. The molecule has 26 heavy (non-hydrogen) atoms. The summed E-state index contributed by atoms with van der Waals surface area (Å²) in [6, 6.07) is 10.2. The zero-order valence-electron chi connectivity index (χ0n) is 14.1. The standard InChI is InChI=1S/C19H17ClN2O4/c1-22(15-9-25-10-16(15)23)19(24)12-8-14(17-6-3-7-26-17)21-18-11(12)4-2-5-13(18)20/h2-8,15-16,23H,9-10H2,1H3/t15-,16-/m1/s1. The molecule has 0 radical (unpaired) electrons. The Morgan fingerprint density at radius 1 is 1.31 bits per heavy atom. The van der Waals surface area contributed by atoms with Gasteiger partial charge in [-0.3, -0.25) is 4.79 Å². The Kier molecular flexibility index (Phi) is 4.40. The monoisotopic (exact) mass is 372 g/mol. The van der Waals surface area contributed by atoms with Gasteiger partial charge in [0.15, 0.2) is 5.76 Å². The van der Waals surface area contributed by atoms with Crippen molar-refractivity contribution in [3.8, 4) is 11.5 Å². The first-order valence-electron chi connectivity index (χ1n) is 8.22. The second-order valence-electron chi connectivity index (χ2n) is 6.26. The number of aliphatic hydroxyl groups is 1. The lowest BCUT2D eigenvalue weighted by Crippen LogP contribution is -2.44. The van der Waals surface area contributed by atoms with Crippen molar-refractivity contribution in [2.24, 2.45) is 0 Å². The van der Waals surface area contributed by atoms with Gasteiger partial charge in [-0.05, 0) is 24.3 Å². The van der Waals surface area contributed by atoms with Crippen LogP contribution in [0, 0.1) is 0 Å². The summed E-state index contributed by atoms with van der Waals surface area (Å²) in [5.74, 6) is 0.315. The number of pyridine rings is 1. The Morgan fingerprint density at radius 3 is 2.85 bits per heavy atom. The van der Waals surface area contributed by atoms with Crippen LogP contribution in [0.3, 0.4) is 0 Å². The molecule has 3 heterocycles. The van der Waals surface area contributed by atoms with Crippen LogP contribution < -0.4 is 0 Å². The molecule has 134 valence electrons. The quantitative estimate of drug-likeness (QED) is 0.765. The van der Waals surface area contributed by atoms with E-state index in [0.717, 1.165) is 0 Å². The zero-order chi connectivity index (χ0) is 18.3. The number of carbonyl (C=O) groups excluding carboxylic acids is 1. The number of furan rings is 1. The van der Waals surface area contributed by atoms with Crippen LogP contribution >= 0.6 is 11.6 Å². The fourth-order valence-corrected chi connectivity index (χ4v) is 3.40. The number of benzene rings is 1. The average Bonchev–Trinajstić information content (AvgIpc) is 3.32. The van der Waals surface area contributed by atoms with Crippen LogP contribution in [0.4, 0.5) is 0 Å². The number of hydrogen-bond acceptors (Lipinski definition) is 5. The fraction of sp³-hybridized carbons (Fsp3) is 0.263. The highest BCUT2D eigenvalue weighted by Gasteiger charge is 2.33. The van der Waals surface area contributed by atoms with E-state index in [1.165, 1.54) is 4.90 Å². The van der Waals surface area contributed by atoms with E-state index in [1.54, 1.807) is 43.6 Å². The molecule has 2 atom stereocenters. The summed E-state index contributed by atoms with van der Waals surface area (Å²) in [4.78, 5) is 19.3. The minimum absolute atomic E-state index is 0.225. The van der Waals surface area contributed by atoms with Crippen molar-refractivity contribution in [1.82, 2.24) is 9.88 Å². The topological polar surface area (TPSA) is 75.8 Å². The van der Waals surface area contributed by atoms with E-state index in [9.17, 15) is 9.90 Å². The lowest BCUT2D eigenvalue weighted by atomic mass is 10.0. The lowest BCUT2D eigenvalue weighted by molar-refractivity contribution is 0.0583. The first-order chi connectivity index (χ1) is 12.6. The number of halogens is 1. The average molecular weight is 373 g/mol. The number of aromatic nitrogens is 1. The number of para-hydroxylation sites is 1. The largest absolute Gasteiger partial charge is 0.463 e. The van der Waals surface area contributed by atoms with Crippen molar-refractivity contribution in [3.63, 3.8) is 0 Å². The molecule has 0 spiro atoms. The number of ether oxygens (including phenoxy) is 1. The second kappa shape index (κ2) is 6.72. The molecule has 1 amide bonds. The van der Waals surface area contributed by atoms with Gasteiger partial charge in [-0.2, -0.15) is 0 Å². The molecule has 0 bridgehead atoms. The number of likely N-dealkylation sites (N-methyl/N-ethyl adjacent to an activating group) is 1. The molecule has 0 aliphatic carbocycles. The van der Waals surface area contributed by atoms with E-state index < -0.39 is 12.1 Å². The Morgan fingerprint density at radius 2 is 2.15 bits per heavy atom. The molecule has 1 aromatic carbocycles. The Hall–Kier alpha value is -2.41. The lowest BCUT2D eigenvalue weighted by Gasteiger charge is -2.26. The Labute approximate surface area is 155 Å². The van der Waals surface area contributed by atoms with E-state index in [0.29, 0.717) is 39.6 Å². The molecule has 1 fully saturated rings. The van der Waals surface area contributed by atoms with Crippen LogP contribution in [0.1, 0.15) is 10.4 Å². The van der Waals surface area contributed by atoms with Crippen LogP contribution in [-0.4, -0.2) is 53.3 Å². The zero-order valence-corrected chi connectivity index (χ0v) is 14.8. The van der Waals surface area contributed by atoms with Gasteiger partial charge in [0.25, 0.3) is 5.91 Å². The number of hydrogen-bond donors (Lipinski definition) is 1. The fourth-order valence-electron chi connectivity index (χ4n) is 3.18. The van der Waals surface area contributed by atoms with Gasteiger partial charge in [0.2, 0.25) is 0 Å². The molecule has 4 rings (SSSR count). The number of fused-ring (bicyclic) bond motifs is 1. The molecule has 1 aliphatic heterocycles. The molecule has 3 aromatic rings. The van der Waals surface area contributed by atoms with Gasteiger partial charge in [0.1, 0.15) is 5.69 Å². The molecule has 1 N–H and O–H groups in total. The van der Waals surface area contributed by atoms with Gasteiger partial charge in [-0.15, -0.1) is 0 Å². The number of nitrogens with zero attached hydrogens (tertiary/aromatic N) is 2. The van der Waals surface area contributed by atoms with Crippen molar-refractivity contribution in [2.45, 2.75) is 12.1 Å². The van der Waals surface area contributed by atoms with Crippen LogP contribution in [0.5, 0.6) is 0 Å². The molecule has 0 unspecified atom stereocenters. The Balaban J connectivity index is 1.85. The third-order valence-corrected chi connectivity index (χ3v) is 4.94. The van der Waals surface area contributed by atoms with Crippen LogP contribution in [0.2, 0.25) is 5.02 Å². The first kappa shape index (κ1) is 17.0. The summed E-state index contributed by atoms with van der Waals surface area (Å²) in [6.45, 7) is 0.529. The maximum absolute atomic E-state index is 13.2. The number of carbonyl (C=O) groups is 1. The summed E-state index contributed by atoms with van der Waals surface area (Å²) < 4.78 is 10.7. The van der Waals surface area contributed by atoms with Crippen LogP contribution in [0.25, 0.3) is 22.4 Å². The third kappa shape index (κ3) is 2.86. The van der Waals surface area contributed by atoms with E-state index in [4.69, 9.17) is 20.8 Å². The van der Waals surface area contributed by atoms with E-state index in [2.05, 4.69) is 4.98 Å².